The van der Waals surface area contributed by atoms with Gasteiger partial charge in [-0.1, -0.05) is 19.1 Å². The number of rotatable bonds is 6. The molecule has 1 amide bonds. The third-order valence-electron chi connectivity index (χ3n) is 2.75. The van der Waals surface area contributed by atoms with E-state index in [9.17, 15) is 9.18 Å². The molecule has 3 N–H and O–H groups in total. The summed E-state index contributed by atoms with van der Waals surface area (Å²) in [4.78, 5) is 11.6. The van der Waals surface area contributed by atoms with Crippen molar-refractivity contribution in [1.82, 2.24) is 5.32 Å². The molecule has 0 aliphatic carbocycles. The maximum Gasteiger partial charge on any atom is 0.224 e. The van der Waals surface area contributed by atoms with E-state index >= 15 is 0 Å². The van der Waals surface area contributed by atoms with Crippen LogP contribution in [0, 0.1) is 11.7 Å². The zero-order valence-corrected chi connectivity index (χ0v) is 10.1. The molecule has 0 saturated heterocycles. The lowest BCUT2D eigenvalue weighted by Gasteiger charge is -2.12. The van der Waals surface area contributed by atoms with Crippen LogP contribution in [0.4, 0.5) is 4.39 Å². The number of amides is 1. The van der Waals surface area contributed by atoms with E-state index in [0.717, 1.165) is 12.0 Å². The van der Waals surface area contributed by atoms with Crippen LogP contribution in [0.3, 0.4) is 0 Å². The van der Waals surface area contributed by atoms with Gasteiger partial charge in [-0.15, -0.1) is 0 Å². The number of hydrogen-bond donors (Lipinski definition) is 2. The molecule has 1 atom stereocenters. The number of nitrogens with one attached hydrogen (secondary N) is 1. The Balaban J connectivity index is 2.35. The lowest BCUT2D eigenvalue weighted by molar-refractivity contribution is -0.124. The smallest absolute Gasteiger partial charge is 0.224 e. The van der Waals surface area contributed by atoms with Gasteiger partial charge in [0.1, 0.15) is 5.82 Å². The largest absolute Gasteiger partial charge is 0.355 e. The van der Waals surface area contributed by atoms with E-state index < -0.39 is 0 Å². The molecule has 0 aliphatic heterocycles. The van der Waals surface area contributed by atoms with E-state index in [-0.39, 0.29) is 17.6 Å². The van der Waals surface area contributed by atoms with Crippen molar-refractivity contribution in [2.75, 3.05) is 13.1 Å². The van der Waals surface area contributed by atoms with Crippen molar-refractivity contribution in [3.8, 4) is 0 Å². The first-order valence-corrected chi connectivity index (χ1v) is 5.89. The minimum absolute atomic E-state index is 0.0218. The number of hydrogen-bond acceptors (Lipinski definition) is 2. The second kappa shape index (κ2) is 7.01. The van der Waals surface area contributed by atoms with Crippen LogP contribution < -0.4 is 11.1 Å². The molecule has 0 heterocycles. The molecular weight excluding hydrogens is 219 g/mol. The van der Waals surface area contributed by atoms with Gasteiger partial charge in [0.2, 0.25) is 5.91 Å². The molecule has 0 spiro atoms. The van der Waals surface area contributed by atoms with Crippen LogP contribution >= 0.6 is 0 Å². The Hall–Kier alpha value is -1.42. The molecule has 0 aliphatic rings. The Labute approximate surface area is 101 Å². The van der Waals surface area contributed by atoms with Gasteiger partial charge in [-0.05, 0) is 30.5 Å². The van der Waals surface area contributed by atoms with Crippen molar-refractivity contribution in [2.45, 2.75) is 19.8 Å². The minimum atomic E-state index is -0.248. The lowest BCUT2D eigenvalue weighted by atomic mass is 10.1. The standard InChI is InChI=1S/C13H19FN2O/c1-2-11(9-15)13(17)16-7-6-10-4-3-5-12(14)8-10/h3-5,8,11H,2,6-7,9,15H2,1H3,(H,16,17). The average molecular weight is 238 g/mol. The zero-order chi connectivity index (χ0) is 12.7. The third kappa shape index (κ3) is 4.53. The van der Waals surface area contributed by atoms with Crippen LogP contribution in [0.25, 0.3) is 0 Å². The van der Waals surface area contributed by atoms with Crippen LogP contribution in [0.15, 0.2) is 24.3 Å². The first-order valence-electron chi connectivity index (χ1n) is 5.89. The summed E-state index contributed by atoms with van der Waals surface area (Å²) in [5.41, 5.74) is 6.36. The molecule has 0 bridgehead atoms. The fourth-order valence-corrected chi connectivity index (χ4v) is 1.63. The van der Waals surface area contributed by atoms with E-state index in [1.165, 1.54) is 12.1 Å². The summed E-state index contributed by atoms with van der Waals surface area (Å²) >= 11 is 0. The Morgan fingerprint density at radius 1 is 1.53 bits per heavy atom. The predicted molar refractivity (Wildman–Crippen MR) is 65.9 cm³/mol. The summed E-state index contributed by atoms with van der Waals surface area (Å²) in [6.07, 6.45) is 1.37. The van der Waals surface area contributed by atoms with E-state index in [2.05, 4.69) is 5.32 Å². The second-order valence-electron chi connectivity index (χ2n) is 4.01. The highest BCUT2D eigenvalue weighted by Crippen LogP contribution is 2.04. The minimum Gasteiger partial charge on any atom is -0.355 e. The Kier molecular flexibility index (Phi) is 5.63. The van der Waals surface area contributed by atoms with E-state index in [0.29, 0.717) is 19.5 Å². The topological polar surface area (TPSA) is 55.1 Å². The van der Waals surface area contributed by atoms with Gasteiger partial charge in [0, 0.05) is 19.0 Å². The number of carbonyl (C=O) groups is 1. The van der Waals surface area contributed by atoms with Crippen LogP contribution in [-0.2, 0) is 11.2 Å². The number of carbonyl (C=O) groups excluding carboxylic acids is 1. The van der Waals surface area contributed by atoms with Crippen LogP contribution in [0.1, 0.15) is 18.9 Å². The summed E-state index contributed by atoms with van der Waals surface area (Å²) in [7, 11) is 0. The SMILES string of the molecule is CCC(CN)C(=O)NCCc1cccc(F)c1. The Morgan fingerprint density at radius 3 is 2.88 bits per heavy atom. The molecule has 4 heteroatoms. The number of halogens is 1. The zero-order valence-electron chi connectivity index (χ0n) is 10.1. The maximum atomic E-state index is 12.9. The highest BCUT2D eigenvalue weighted by Gasteiger charge is 2.13. The molecule has 1 aromatic carbocycles. The van der Waals surface area contributed by atoms with Crippen molar-refractivity contribution >= 4 is 5.91 Å². The number of benzene rings is 1. The highest BCUT2D eigenvalue weighted by molar-refractivity contribution is 5.78. The van der Waals surface area contributed by atoms with Gasteiger partial charge in [0.05, 0.1) is 0 Å². The molecule has 0 radical (unpaired) electrons. The van der Waals surface area contributed by atoms with Gasteiger partial charge in [-0.2, -0.15) is 0 Å². The Bertz CT molecular complexity index is 364. The van der Waals surface area contributed by atoms with E-state index in [4.69, 9.17) is 5.73 Å². The van der Waals surface area contributed by atoms with Gasteiger partial charge in [-0.3, -0.25) is 4.79 Å². The summed E-state index contributed by atoms with van der Waals surface area (Å²) in [6, 6.07) is 6.40. The van der Waals surface area contributed by atoms with Gasteiger partial charge < -0.3 is 11.1 Å². The van der Waals surface area contributed by atoms with Crippen LogP contribution in [-0.4, -0.2) is 19.0 Å². The fourth-order valence-electron chi connectivity index (χ4n) is 1.63. The lowest BCUT2D eigenvalue weighted by Crippen LogP contribution is -2.35. The van der Waals surface area contributed by atoms with Crippen molar-refractivity contribution in [2.24, 2.45) is 11.7 Å². The molecule has 0 aromatic heterocycles. The Morgan fingerprint density at radius 2 is 2.29 bits per heavy atom. The van der Waals surface area contributed by atoms with Gasteiger partial charge in [0.15, 0.2) is 0 Å². The molecular formula is C13H19FN2O. The van der Waals surface area contributed by atoms with Gasteiger partial charge in [-0.25, -0.2) is 4.39 Å². The summed E-state index contributed by atoms with van der Waals surface area (Å²) in [6.45, 7) is 2.81. The first-order chi connectivity index (χ1) is 8.17. The third-order valence-corrected chi connectivity index (χ3v) is 2.75. The van der Waals surface area contributed by atoms with Gasteiger partial charge in [0.25, 0.3) is 0 Å². The van der Waals surface area contributed by atoms with Crippen molar-refractivity contribution in [3.63, 3.8) is 0 Å². The molecule has 1 aromatic rings. The fraction of sp³-hybridized carbons (Fsp3) is 0.462. The van der Waals surface area contributed by atoms with Crippen LogP contribution in [0.5, 0.6) is 0 Å². The molecule has 94 valence electrons. The summed E-state index contributed by atoms with van der Waals surface area (Å²) < 4.78 is 12.9. The summed E-state index contributed by atoms with van der Waals surface area (Å²) in [5.74, 6) is -0.392. The van der Waals surface area contributed by atoms with Crippen LogP contribution in [0.2, 0.25) is 0 Å². The molecule has 17 heavy (non-hydrogen) atoms. The quantitative estimate of drug-likeness (QED) is 0.788. The predicted octanol–water partition coefficient (Wildman–Crippen LogP) is 1.47. The number of nitrogens with two attached hydrogens (primary N) is 1. The molecule has 3 nitrogen and oxygen atoms in total. The van der Waals surface area contributed by atoms with Crippen molar-refractivity contribution in [1.29, 1.82) is 0 Å². The molecule has 0 fully saturated rings. The first kappa shape index (κ1) is 13.6. The van der Waals surface area contributed by atoms with E-state index in [1.54, 1.807) is 6.07 Å². The monoisotopic (exact) mass is 238 g/mol. The van der Waals surface area contributed by atoms with Gasteiger partial charge >= 0.3 is 0 Å². The molecule has 1 unspecified atom stereocenters. The van der Waals surface area contributed by atoms with Crippen molar-refractivity contribution in [3.05, 3.63) is 35.6 Å². The average Bonchev–Trinajstić information content (AvgIpc) is 2.30. The summed E-state index contributed by atoms with van der Waals surface area (Å²) in [5, 5.41) is 2.81. The molecule has 1 rings (SSSR count). The maximum absolute atomic E-state index is 12.9. The van der Waals surface area contributed by atoms with Crippen molar-refractivity contribution < 1.29 is 9.18 Å². The van der Waals surface area contributed by atoms with E-state index in [1.807, 2.05) is 13.0 Å². The highest BCUT2D eigenvalue weighted by atomic mass is 19.1. The second-order valence-corrected chi connectivity index (χ2v) is 4.01. The molecule has 0 saturated carbocycles. The normalized spacial score (nSPS) is 12.2.